The highest BCUT2D eigenvalue weighted by molar-refractivity contribution is 7.89. The Balaban J connectivity index is 3.26. The van der Waals surface area contributed by atoms with Gasteiger partial charge in [-0.25, -0.2) is 8.42 Å². The predicted molar refractivity (Wildman–Crippen MR) is 61.5 cm³/mol. The van der Waals surface area contributed by atoms with Crippen molar-refractivity contribution in [1.82, 2.24) is 14.8 Å². The molecule has 0 radical (unpaired) electrons. The first kappa shape index (κ1) is 13.1. The molecule has 0 aliphatic carbocycles. The summed E-state index contributed by atoms with van der Waals surface area (Å²) in [6.45, 7) is 6.12. The number of sulfone groups is 1. The quantitative estimate of drug-likeness (QED) is 0.813. The molecule has 1 aromatic rings. The summed E-state index contributed by atoms with van der Waals surface area (Å²) in [6.07, 6.45) is 1.18. The van der Waals surface area contributed by atoms with Gasteiger partial charge >= 0.3 is 0 Å². The zero-order chi connectivity index (χ0) is 12.6. The minimum Gasteiger partial charge on any atom is -0.324 e. The molecule has 0 aliphatic heterocycles. The summed E-state index contributed by atoms with van der Waals surface area (Å²) in [4.78, 5) is 0. The fourth-order valence-electron chi connectivity index (χ4n) is 1.59. The highest BCUT2D eigenvalue weighted by Gasteiger charge is 2.24. The van der Waals surface area contributed by atoms with E-state index in [4.69, 9.17) is 5.73 Å². The van der Waals surface area contributed by atoms with Gasteiger partial charge in [-0.05, 0) is 20.8 Å². The second-order valence-corrected chi connectivity index (χ2v) is 6.95. The van der Waals surface area contributed by atoms with E-state index in [1.54, 1.807) is 4.57 Å². The fourth-order valence-corrected chi connectivity index (χ4v) is 2.24. The molecular formula is C9H18N4O2S. The molecule has 0 spiro atoms. The third-order valence-electron chi connectivity index (χ3n) is 2.04. The summed E-state index contributed by atoms with van der Waals surface area (Å²) in [6, 6.07) is 0. The standard InChI is InChI=1S/C9H18N4O2S/c1-9(2,3)13-7(5-10)11-12-8(13)6-16(4,14)15/h5-6,10H2,1-4H3. The van der Waals surface area contributed by atoms with Crippen LogP contribution in [-0.2, 0) is 27.7 Å². The van der Waals surface area contributed by atoms with Crippen LogP contribution in [0.5, 0.6) is 0 Å². The Hall–Kier alpha value is -0.950. The van der Waals surface area contributed by atoms with Crippen LogP contribution in [0.4, 0.5) is 0 Å². The van der Waals surface area contributed by atoms with Gasteiger partial charge in [0.2, 0.25) is 0 Å². The van der Waals surface area contributed by atoms with Crippen LogP contribution in [-0.4, -0.2) is 29.4 Å². The number of hydrogen-bond acceptors (Lipinski definition) is 5. The first-order valence-electron chi connectivity index (χ1n) is 4.96. The van der Waals surface area contributed by atoms with E-state index < -0.39 is 9.84 Å². The Bertz CT molecular complexity index is 470. The summed E-state index contributed by atoms with van der Waals surface area (Å²) >= 11 is 0. The highest BCUT2D eigenvalue weighted by Crippen LogP contribution is 2.19. The molecule has 0 saturated carbocycles. The molecule has 6 nitrogen and oxygen atoms in total. The monoisotopic (exact) mass is 246 g/mol. The van der Waals surface area contributed by atoms with E-state index in [2.05, 4.69) is 10.2 Å². The Morgan fingerprint density at radius 2 is 1.75 bits per heavy atom. The predicted octanol–water partition coefficient (Wildman–Crippen LogP) is 0.0364. The van der Waals surface area contributed by atoms with E-state index >= 15 is 0 Å². The topological polar surface area (TPSA) is 90.9 Å². The van der Waals surface area contributed by atoms with Crippen LogP contribution in [0.1, 0.15) is 32.4 Å². The maximum Gasteiger partial charge on any atom is 0.154 e. The Morgan fingerprint density at radius 1 is 1.25 bits per heavy atom. The molecule has 0 saturated heterocycles. The number of aromatic nitrogens is 3. The first-order valence-corrected chi connectivity index (χ1v) is 7.02. The molecule has 0 aliphatic rings. The van der Waals surface area contributed by atoms with Gasteiger partial charge in [-0.3, -0.25) is 0 Å². The molecule has 1 aromatic heterocycles. The number of hydrogen-bond donors (Lipinski definition) is 1. The van der Waals surface area contributed by atoms with Crippen LogP contribution >= 0.6 is 0 Å². The number of nitrogens with two attached hydrogens (primary N) is 1. The molecule has 0 fully saturated rings. The van der Waals surface area contributed by atoms with Gasteiger partial charge in [-0.1, -0.05) is 0 Å². The lowest BCUT2D eigenvalue weighted by atomic mass is 10.1. The van der Waals surface area contributed by atoms with Crippen LogP contribution in [0.25, 0.3) is 0 Å². The summed E-state index contributed by atoms with van der Waals surface area (Å²) < 4.78 is 24.3. The van der Waals surface area contributed by atoms with Crippen molar-refractivity contribution < 1.29 is 8.42 Å². The minimum atomic E-state index is -3.12. The van der Waals surface area contributed by atoms with Gasteiger partial charge in [-0.15, -0.1) is 10.2 Å². The van der Waals surface area contributed by atoms with Crippen molar-refractivity contribution in [2.75, 3.05) is 6.26 Å². The first-order chi connectivity index (χ1) is 7.15. The van der Waals surface area contributed by atoms with Crippen LogP contribution in [0.2, 0.25) is 0 Å². The van der Waals surface area contributed by atoms with Crippen LogP contribution in [0.15, 0.2) is 0 Å². The van der Waals surface area contributed by atoms with E-state index in [1.807, 2.05) is 20.8 Å². The summed E-state index contributed by atoms with van der Waals surface area (Å²) in [5.74, 6) is 0.929. The van der Waals surface area contributed by atoms with Crippen LogP contribution in [0, 0.1) is 0 Å². The van der Waals surface area contributed by atoms with Gasteiger partial charge in [0, 0.05) is 11.8 Å². The normalized spacial score (nSPS) is 13.1. The molecule has 7 heteroatoms. The van der Waals surface area contributed by atoms with Gasteiger partial charge in [0.05, 0.1) is 6.54 Å². The smallest absolute Gasteiger partial charge is 0.154 e. The van der Waals surface area contributed by atoms with E-state index in [0.717, 1.165) is 0 Å². The minimum absolute atomic E-state index is 0.114. The lowest BCUT2D eigenvalue weighted by Crippen LogP contribution is -2.28. The summed E-state index contributed by atoms with van der Waals surface area (Å²) in [7, 11) is -3.12. The van der Waals surface area contributed by atoms with E-state index in [1.165, 1.54) is 6.26 Å². The third kappa shape index (κ3) is 3.02. The van der Waals surface area contributed by atoms with Crippen molar-refractivity contribution >= 4 is 9.84 Å². The summed E-state index contributed by atoms with van der Waals surface area (Å²) in [5.41, 5.74) is 5.27. The van der Waals surface area contributed by atoms with Gasteiger partial charge in [0.15, 0.2) is 9.84 Å². The van der Waals surface area contributed by atoms with E-state index in [-0.39, 0.29) is 17.8 Å². The van der Waals surface area contributed by atoms with Crippen molar-refractivity contribution in [3.05, 3.63) is 11.6 Å². The average Bonchev–Trinajstić information content (AvgIpc) is 2.43. The zero-order valence-electron chi connectivity index (χ0n) is 10.1. The number of rotatable bonds is 3. The molecule has 0 amide bonds. The average molecular weight is 246 g/mol. The highest BCUT2D eigenvalue weighted by atomic mass is 32.2. The van der Waals surface area contributed by atoms with Crippen molar-refractivity contribution in [1.29, 1.82) is 0 Å². The van der Waals surface area contributed by atoms with Gasteiger partial charge in [-0.2, -0.15) is 0 Å². The molecule has 1 heterocycles. The second kappa shape index (κ2) is 4.14. The van der Waals surface area contributed by atoms with Crippen LogP contribution in [0.3, 0.4) is 0 Å². The van der Waals surface area contributed by atoms with Crippen molar-refractivity contribution in [2.24, 2.45) is 5.73 Å². The molecule has 0 atom stereocenters. The van der Waals surface area contributed by atoms with Gasteiger partial charge in [0.1, 0.15) is 17.4 Å². The van der Waals surface area contributed by atoms with Crippen molar-refractivity contribution in [3.8, 4) is 0 Å². The van der Waals surface area contributed by atoms with Crippen molar-refractivity contribution in [2.45, 2.75) is 38.6 Å². The van der Waals surface area contributed by atoms with E-state index in [9.17, 15) is 8.42 Å². The third-order valence-corrected chi connectivity index (χ3v) is 2.82. The lowest BCUT2D eigenvalue weighted by Gasteiger charge is -2.24. The van der Waals surface area contributed by atoms with Gasteiger partial charge < -0.3 is 10.3 Å². The molecule has 1 rings (SSSR count). The zero-order valence-corrected chi connectivity index (χ0v) is 10.9. The molecule has 0 aromatic carbocycles. The van der Waals surface area contributed by atoms with E-state index in [0.29, 0.717) is 11.6 Å². The largest absolute Gasteiger partial charge is 0.324 e. The SMILES string of the molecule is CC(C)(C)n1c(CN)nnc1CS(C)(=O)=O. The maximum absolute atomic E-state index is 11.3. The molecule has 0 bridgehead atoms. The Labute approximate surface area is 95.8 Å². The van der Waals surface area contributed by atoms with Crippen molar-refractivity contribution in [3.63, 3.8) is 0 Å². The second-order valence-electron chi connectivity index (χ2n) is 4.81. The maximum atomic E-state index is 11.3. The molecule has 2 N–H and O–H groups in total. The Kier molecular flexibility index (Phi) is 3.39. The lowest BCUT2D eigenvalue weighted by molar-refractivity contribution is 0.372. The number of nitrogens with zero attached hydrogens (tertiary/aromatic N) is 3. The fraction of sp³-hybridized carbons (Fsp3) is 0.778. The van der Waals surface area contributed by atoms with Crippen LogP contribution < -0.4 is 5.73 Å². The summed E-state index contributed by atoms with van der Waals surface area (Å²) in [5, 5.41) is 7.80. The van der Waals surface area contributed by atoms with Gasteiger partial charge in [0.25, 0.3) is 0 Å². The molecular weight excluding hydrogens is 228 g/mol. The molecule has 92 valence electrons. The molecule has 16 heavy (non-hydrogen) atoms. The Morgan fingerprint density at radius 3 is 2.12 bits per heavy atom. The molecule has 0 unspecified atom stereocenters.